The molecule has 0 saturated heterocycles. The van der Waals surface area contributed by atoms with Crippen LogP contribution in [0, 0.1) is 13.8 Å². The molecule has 0 aliphatic rings. The summed E-state index contributed by atoms with van der Waals surface area (Å²) in [7, 11) is 0. The summed E-state index contributed by atoms with van der Waals surface area (Å²) in [5, 5.41) is 8.45. The third-order valence-electron chi connectivity index (χ3n) is 2.27. The van der Waals surface area contributed by atoms with E-state index < -0.39 is 0 Å². The van der Waals surface area contributed by atoms with Gasteiger partial charge in [-0.2, -0.15) is 0 Å². The molecule has 1 aromatic heterocycles. The maximum atomic E-state index is 5.64. The highest BCUT2D eigenvalue weighted by Crippen LogP contribution is 2.19. The van der Waals surface area contributed by atoms with E-state index in [0.717, 1.165) is 11.5 Å². The van der Waals surface area contributed by atoms with E-state index in [9.17, 15) is 0 Å². The maximum absolute atomic E-state index is 5.64. The Hall–Kier alpha value is -1.49. The normalized spacial score (nSPS) is 10.6. The number of thioether (sulfide) groups is 1. The number of hydrogen-bond donors (Lipinski definition) is 0. The minimum absolute atomic E-state index is 0.306. The summed E-state index contributed by atoms with van der Waals surface area (Å²) in [5.74, 6) is 2.25. The standard InChI is InChI=1S/C13H16N2O2S/c1-4-18-13-15-14-12(17-13)8-16-11-6-9(2)5-10(3)7-11/h5-7H,4,8H2,1-3H3. The predicted molar refractivity (Wildman–Crippen MR) is 70.9 cm³/mol. The fourth-order valence-electron chi connectivity index (χ4n) is 1.64. The molecule has 5 heteroatoms. The minimum atomic E-state index is 0.306. The molecule has 1 heterocycles. The summed E-state index contributed by atoms with van der Waals surface area (Å²) in [6.45, 7) is 6.44. The smallest absolute Gasteiger partial charge is 0.276 e. The van der Waals surface area contributed by atoms with E-state index in [-0.39, 0.29) is 0 Å². The van der Waals surface area contributed by atoms with Crippen LogP contribution >= 0.6 is 11.8 Å². The van der Waals surface area contributed by atoms with Crippen LogP contribution in [0.1, 0.15) is 23.9 Å². The van der Waals surface area contributed by atoms with E-state index >= 15 is 0 Å². The van der Waals surface area contributed by atoms with Crippen LogP contribution in [0.3, 0.4) is 0 Å². The molecule has 0 spiro atoms. The number of rotatable bonds is 5. The Morgan fingerprint density at radius 2 is 1.89 bits per heavy atom. The molecule has 0 aliphatic heterocycles. The zero-order chi connectivity index (χ0) is 13.0. The Labute approximate surface area is 111 Å². The Bertz CT molecular complexity index is 505. The number of hydrogen-bond acceptors (Lipinski definition) is 5. The molecule has 0 atom stereocenters. The van der Waals surface area contributed by atoms with Gasteiger partial charge in [-0.1, -0.05) is 24.8 Å². The maximum Gasteiger partial charge on any atom is 0.276 e. The zero-order valence-electron chi connectivity index (χ0n) is 10.8. The van der Waals surface area contributed by atoms with Gasteiger partial charge >= 0.3 is 0 Å². The predicted octanol–water partition coefficient (Wildman–Crippen LogP) is 3.38. The SMILES string of the molecule is CCSc1nnc(COc2cc(C)cc(C)c2)o1. The highest BCUT2D eigenvalue weighted by molar-refractivity contribution is 7.99. The summed E-state index contributed by atoms with van der Waals surface area (Å²) >= 11 is 1.53. The number of benzene rings is 1. The van der Waals surface area contributed by atoms with Crippen molar-refractivity contribution in [2.24, 2.45) is 0 Å². The minimum Gasteiger partial charge on any atom is -0.484 e. The molecule has 0 radical (unpaired) electrons. The monoisotopic (exact) mass is 264 g/mol. The van der Waals surface area contributed by atoms with Crippen molar-refractivity contribution in [1.29, 1.82) is 0 Å². The van der Waals surface area contributed by atoms with Gasteiger partial charge < -0.3 is 9.15 Å². The zero-order valence-corrected chi connectivity index (χ0v) is 11.6. The molecular formula is C13H16N2O2S. The summed E-state index contributed by atoms with van der Waals surface area (Å²) in [5.41, 5.74) is 2.36. The summed E-state index contributed by atoms with van der Waals surface area (Å²) < 4.78 is 11.1. The molecule has 0 aliphatic carbocycles. The number of ether oxygens (including phenoxy) is 1. The van der Waals surface area contributed by atoms with Crippen LogP contribution in [-0.2, 0) is 6.61 Å². The van der Waals surface area contributed by atoms with E-state index in [1.807, 2.05) is 32.9 Å². The van der Waals surface area contributed by atoms with Gasteiger partial charge in [-0.25, -0.2) is 0 Å². The molecule has 0 N–H and O–H groups in total. The third kappa shape index (κ3) is 3.50. The fourth-order valence-corrected chi connectivity index (χ4v) is 2.14. The van der Waals surface area contributed by atoms with Gasteiger partial charge in [0.25, 0.3) is 11.1 Å². The second-order valence-electron chi connectivity index (χ2n) is 4.01. The quantitative estimate of drug-likeness (QED) is 0.775. The first-order valence-corrected chi connectivity index (χ1v) is 6.82. The Morgan fingerprint density at radius 3 is 2.56 bits per heavy atom. The summed E-state index contributed by atoms with van der Waals surface area (Å²) in [6.07, 6.45) is 0. The van der Waals surface area contributed by atoms with Crippen LogP contribution < -0.4 is 4.74 Å². The van der Waals surface area contributed by atoms with Crippen molar-refractivity contribution in [3.8, 4) is 5.75 Å². The van der Waals surface area contributed by atoms with Gasteiger partial charge in [-0.3, -0.25) is 0 Å². The second kappa shape index (κ2) is 5.91. The van der Waals surface area contributed by atoms with Crippen molar-refractivity contribution < 1.29 is 9.15 Å². The number of aryl methyl sites for hydroxylation is 2. The average Bonchev–Trinajstić information content (AvgIpc) is 2.74. The van der Waals surface area contributed by atoms with Gasteiger partial charge in [-0.15, -0.1) is 10.2 Å². The highest BCUT2D eigenvalue weighted by Gasteiger charge is 2.06. The Kier molecular flexibility index (Phi) is 4.25. The highest BCUT2D eigenvalue weighted by atomic mass is 32.2. The van der Waals surface area contributed by atoms with Crippen LogP contribution in [0.5, 0.6) is 5.75 Å². The molecule has 0 bridgehead atoms. The molecule has 1 aromatic carbocycles. The molecule has 2 rings (SSSR count). The molecule has 2 aromatic rings. The molecule has 0 fully saturated rings. The van der Waals surface area contributed by atoms with E-state index in [4.69, 9.17) is 9.15 Å². The summed E-state index contributed by atoms with van der Waals surface area (Å²) in [6, 6.07) is 6.09. The lowest BCUT2D eigenvalue weighted by atomic mass is 10.1. The summed E-state index contributed by atoms with van der Waals surface area (Å²) in [4.78, 5) is 0. The van der Waals surface area contributed by atoms with Gasteiger partial charge in [0, 0.05) is 0 Å². The molecule has 96 valence electrons. The van der Waals surface area contributed by atoms with Gasteiger partial charge in [0.1, 0.15) is 5.75 Å². The number of aromatic nitrogens is 2. The first-order valence-electron chi connectivity index (χ1n) is 5.83. The Balaban J connectivity index is 1.97. The lowest BCUT2D eigenvalue weighted by Crippen LogP contribution is -1.96. The van der Waals surface area contributed by atoms with Gasteiger partial charge in [0.15, 0.2) is 6.61 Å². The van der Waals surface area contributed by atoms with Crippen molar-refractivity contribution in [3.05, 3.63) is 35.2 Å². The molecule has 0 unspecified atom stereocenters. The molecule has 4 nitrogen and oxygen atoms in total. The second-order valence-corrected chi connectivity index (χ2v) is 5.22. The van der Waals surface area contributed by atoms with Crippen molar-refractivity contribution in [2.75, 3.05) is 5.75 Å². The van der Waals surface area contributed by atoms with Crippen molar-refractivity contribution in [2.45, 2.75) is 32.6 Å². The first kappa shape index (κ1) is 13.0. The van der Waals surface area contributed by atoms with Crippen molar-refractivity contribution in [3.63, 3.8) is 0 Å². The Morgan fingerprint density at radius 1 is 1.17 bits per heavy atom. The van der Waals surface area contributed by atoms with Crippen molar-refractivity contribution in [1.82, 2.24) is 10.2 Å². The molecule has 0 saturated carbocycles. The lowest BCUT2D eigenvalue weighted by Gasteiger charge is -2.05. The van der Waals surface area contributed by atoms with Crippen LogP contribution in [0.4, 0.5) is 0 Å². The fraction of sp³-hybridized carbons (Fsp3) is 0.385. The third-order valence-corrected chi connectivity index (χ3v) is 2.97. The van der Waals surface area contributed by atoms with Crippen molar-refractivity contribution >= 4 is 11.8 Å². The lowest BCUT2D eigenvalue weighted by molar-refractivity contribution is 0.252. The van der Waals surface area contributed by atoms with Crippen LogP contribution in [-0.4, -0.2) is 16.0 Å². The van der Waals surface area contributed by atoms with Crippen LogP contribution in [0.25, 0.3) is 0 Å². The van der Waals surface area contributed by atoms with Gasteiger partial charge in [0.2, 0.25) is 0 Å². The van der Waals surface area contributed by atoms with E-state index in [1.165, 1.54) is 22.9 Å². The molecule has 18 heavy (non-hydrogen) atoms. The van der Waals surface area contributed by atoms with Crippen LogP contribution in [0.2, 0.25) is 0 Å². The average molecular weight is 264 g/mol. The largest absolute Gasteiger partial charge is 0.484 e. The topological polar surface area (TPSA) is 48.2 Å². The van der Waals surface area contributed by atoms with E-state index in [1.54, 1.807) is 0 Å². The van der Waals surface area contributed by atoms with Gasteiger partial charge in [0.05, 0.1) is 0 Å². The van der Waals surface area contributed by atoms with E-state index in [0.29, 0.717) is 17.7 Å². The van der Waals surface area contributed by atoms with Crippen LogP contribution in [0.15, 0.2) is 27.8 Å². The molecular weight excluding hydrogens is 248 g/mol. The van der Waals surface area contributed by atoms with Gasteiger partial charge in [-0.05, 0) is 42.9 Å². The van der Waals surface area contributed by atoms with E-state index in [2.05, 4.69) is 16.3 Å². The molecule has 0 amide bonds. The number of nitrogens with zero attached hydrogens (tertiary/aromatic N) is 2. The first-order chi connectivity index (χ1) is 8.67.